The van der Waals surface area contributed by atoms with Crippen LogP contribution in [0.25, 0.3) is 6.08 Å². The van der Waals surface area contributed by atoms with Crippen LogP contribution in [0.15, 0.2) is 23.1 Å². The number of thioether (sulfide) groups is 1. The van der Waals surface area contributed by atoms with Crippen molar-refractivity contribution in [3.63, 3.8) is 0 Å². The van der Waals surface area contributed by atoms with E-state index in [0.717, 1.165) is 0 Å². The Balaban J connectivity index is -0.000000551. The van der Waals surface area contributed by atoms with Gasteiger partial charge in [0.1, 0.15) is 6.54 Å². The second kappa shape index (κ2) is 20.5. The van der Waals surface area contributed by atoms with Gasteiger partial charge in [0.15, 0.2) is 0 Å². The Labute approximate surface area is 241 Å². The van der Waals surface area contributed by atoms with Gasteiger partial charge in [0.25, 0.3) is 0 Å². The molecule has 0 aromatic heterocycles. The van der Waals surface area contributed by atoms with Crippen molar-refractivity contribution in [2.45, 2.75) is 4.90 Å². The van der Waals surface area contributed by atoms with Gasteiger partial charge in [-0.15, -0.1) is 0 Å². The van der Waals surface area contributed by atoms with E-state index in [1.807, 2.05) is 0 Å². The third-order valence-corrected chi connectivity index (χ3v) is 3.14. The normalized spacial score (nSPS) is 8.68. The van der Waals surface area contributed by atoms with Crippen LogP contribution >= 0.6 is 11.8 Å². The predicted molar refractivity (Wildman–Crippen MR) is 78.6 cm³/mol. The topological polar surface area (TPSA) is 95.5 Å². The summed E-state index contributed by atoms with van der Waals surface area (Å²) in [6.45, 7) is -0.420. The van der Waals surface area contributed by atoms with Gasteiger partial charge in [0.05, 0.1) is 5.75 Å². The van der Waals surface area contributed by atoms with E-state index in [4.69, 9.17) is 5.11 Å². The molecule has 0 saturated heterocycles. The first-order chi connectivity index (χ1) is 10.0. The van der Waals surface area contributed by atoms with Crippen molar-refractivity contribution in [3.05, 3.63) is 35.9 Å². The average molecular weight is 757 g/mol. The molecule has 3 N–H and O–H groups in total. The van der Waals surface area contributed by atoms with E-state index in [1.165, 1.54) is 23.9 Å². The third-order valence-electron chi connectivity index (χ3n) is 2.21. The second-order valence-corrected chi connectivity index (χ2v) is 4.80. The molecule has 0 atom stereocenters. The van der Waals surface area contributed by atoms with Gasteiger partial charge in [-0.2, -0.15) is 17.8 Å². The molecule has 0 saturated carbocycles. The van der Waals surface area contributed by atoms with Crippen LogP contribution in [0.5, 0.6) is 0 Å². The van der Waals surface area contributed by atoms with Crippen LogP contribution in [0.3, 0.4) is 0 Å². The van der Waals surface area contributed by atoms with Gasteiger partial charge in [-0.1, -0.05) is 0 Å². The van der Waals surface area contributed by atoms with Crippen molar-refractivity contribution in [2.75, 3.05) is 19.3 Å². The Morgan fingerprint density at radius 3 is 2.24 bits per heavy atom. The number of carbonyl (C=O) groups is 3. The summed E-state index contributed by atoms with van der Waals surface area (Å²) in [5.41, 5.74) is 0.699. The van der Waals surface area contributed by atoms with Crippen LogP contribution in [0.2, 0.25) is 0 Å². The summed E-state index contributed by atoms with van der Waals surface area (Å²) < 4.78 is 0. The number of carbonyl (C=O) groups excluding carboxylic acids is 2. The molecule has 3 radical (unpaired) electrons. The van der Waals surface area contributed by atoms with Crippen molar-refractivity contribution in [1.82, 2.24) is 10.6 Å². The monoisotopic (exact) mass is 757 g/mol. The third kappa shape index (κ3) is 17.5. The summed E-state index contributed by atoms with van der Waals surface area (Å²) in [4.78, 5) is 33.3. The number of aliphatic carboxylic acids is 1. The number of hydrogen-bond acceptors (Lipinski definition) is 4. The molecule has 0 aliphatic rings. The fourth-order valence-electron chi connectivity index (χ4n) is 1.16. The molecule has 1 aromatic carbocycles. The molecular weight excluding hydrogens is 743 g/mol. The van der Waals surface area contributed by atoms with Crippen LogP contribution in [0.4, 0.5) is 0 Å². The SMILES string of the molecule is CNC(=O)CSc1[c-]cc(/C=C/C(=O)NCC(=O)O)c[c-]1.[W].[Y].[Y].[Y]. The minimum atomic E-state index is -1.10. The number of carboxylic acids is 1. The van der Waals surface area contributed by atoms with E-state index in [-0.39, 0.29) is 131 Å². The van der Waals surface area contributed by atoms with E-state index in [0.29, 0.717) is 10.5 Å². The fraction of sp³-hybridized carbons (Fsp3) is 0.214. The molecule has 0 unspecified atom stereocenters. The molecule has 6 nitrogen and oxygen atoms in total. The number of nitrogens with one attached hydrogen (secondary N) is 2. The number of benzene rings is 1. The standard InChI is InChI=1S/C14H14N2O4S.W.3Y/c1-15-13(18)9-21-11-5-2-10(3-6-11)4-7-12(17)16-8-14(19)20;;;;/h2-4,7H,8-9H2,1H3,(H,15,18)(H,16,17)(H,19,20);;;;/q-2;;;;/b7-4+;;;;. The Morgan fingerprint density at radius 2 is 1.76 bits per heavy atom. The molecule has 0 bridgehead atoms. The van der Waals surface area contributed by atoms with Gasteiger partial charge < -0.3 is 27.9 Å². The summed E-state index contributed by atoms with van der Waals surface area (Å²) in [7, 11) is 1.57. The largest absolute Gasteiger partial charge is 0.480 e. The van der Waals surface area contributed by atoms with Gasteiger partial charge in [0, 0.05) is 126 Å². The molecule has 1 aromatic rings. The van der Waals surface area contributed by atoms with Crippen LogP contribution in [-0.2, 0) is 134 Å². The van der Waals surface area contributed by atoms with Gasteiger partial charge in [-0.3, -0.25) is 32.1 Å². The first-order valence-electron chi connectivity index (χ1n) is 5.95. The van der Waals surface area contributed by atoms with E-state index in [2.05, 4.69) is 22.8 Å². The Kier molecular flexibility index (Phi) is 28.0. The molecule has 0 aliphatic carbocycles. The van der Waals surface area contributed by atoms with E-state index in [9.17, 15) is 14.4 Å². The Bertz CT molecular complexity index is 560. The van der Waals surface area contributed by atoms with Crippen LogP contribution in [-0.4, -0.2) is 42.2 Å². The minimum absolute atomic E-state index is 0. The molecule has 0 heterocycles. The zero-order valence-electron chi connectivity index (χ0n) is 13.4. The first kappa shape index (κ1) is 34.2. The van der Waals surface area contributed by atoms with E-state index in [1.54, 1.807) is 19.2 Å². The molecule has 1 rings (SSSR count). The quantitative estimate of drug-likeness (QED) is 0.212. The van der Waals surface area contributed by atoms with Gasteiger partial charge in [0.2, 0.25) is 11.8 Å². The molecule has 0 fully saturated rings. The summed E-state index contributed by atoms with van der Waals surface area (Å²) in [5.74, 6) is -1.39. The number of carboxylic acid groups (broad SMARTS) is 1. The maximum atomic E-state index is 11.3. The maximum absolute atomic E-state index is 11.3. The minimum Gasteiger partial charge on any atom is -0.480 e. The van der Waals surface area contributed by atoms with Crippen molar-refractivity contribution in [1.29, 1.82) is 0 Å². The van der Waals surface area contributed by atoms with Crippen molar-refractivity contribution in [2.24, 2.45) is 0 Å². The smallest absolute Gasteiger partial charge is 0.322 e. The van der Waals surface area contributed by atoms with Crippen molar-refractivity contribution >= 4 is 35.6 Å². The number of hydrogen-bond donors (Lipinski definition) is 3. The maximum Gasteiger partial charge on any atom is 0.322 e. The van der Waals surface area contributed by atoms with E-state index < -0.39 is 18.4 Å². The summed E-state index contributed by atoms with van der Waals surface area (Å²) >= 11 is 1.31. The number of rotatable bonds is 7. The Hall–Kier alpha value is 1.72. The summed E-state index contributed by atoms with van der Waals surface area (Å²) in [6, 6.07) is 9.19. The van der Waals surface area contributed by atoms with Gasteiger partial charge >= 0.3 is 5.97 Å². The predicted octanol–water partition coefficient (Wildman–Crippen LogP) is 0.329. The molecule has 127 valence electrons. The van der Waals surface area contributed by atoms with Gasteiger partial charge in [-0.25, -0.2) is 4.90 Å². The zero-order chi connectivity index (χ0) is 15.7. The molecule has 25 heavy (non-hydrogen) atoms. The summed E-state index contributed by atoms with van der Waals surface area (Å²) in [6.07, 6.45) is 2.76. The van der Waals surface area contributed by atoms with Crippen LogP contribution in [0, 0.1) is 12.1 Å². The van der Waals surface area contributed by atoms with Crippen molar-refractivity contribution < 1.29 is 139 Å². The second-order valence-electron chi connectivity index (χ2n) is 3.81. The molecule has 2 amide bonds. The fourth-order valence-corrected chi connectivity index (χ4v) is 1.87. The van der Waals surface area contributed by atoms with Gasteiger partial charge in [-0.05, 0) is 6.08 Å². The molecule has 11 heteroatoms. The van der Waals surface area contributed by atoms with Crippen LogP contribution in [0.1, 0.15) is 5.56 Å². The van der Waals surface area contributed by atoms with Crippen LogP contribution < -0.4 is 10.6 Å². The van der Waals surface area contributed by atoms with Crippen molar-refractivity contribution in [3.8, 4) is 0 Å². The number of amides is 2. The molecular formula is C14H14N2O4SWY3-2. The Morgan fingerprint density at radius 1 is 1.20 bits per heavy atom. The average Bonchev–Trinajstić information content (AvgIpc) is 2.49. The zero-order valence-corrected chi connectivity index (χ0v) is 25.7. The molecule has 0 aliphatic heterocycles. The van der Waals surface area contributed by atoms with E-state index >= 15 is 0 Å². The summed E-state index contributed by atoms with van der Waals surface area (Å²) in [5, 5.41) is 13.1. The molecule has 0 spiro atoms. The first-order valence-corrected chi connectivity index (χ1v) is 6.94.